The Morgan fingerprint density at radius 2 is 2.10 bits per heavy atom. The molecule has 2 aromatic rings. The summed E-state index contributed by atoms with van der Waals surface area (Å²) in [5.41, 5.74) is 2.29. The van der Waals surface area contributed by atoms with E-state index in [9.17, 15) is 4.79 Å². The van der Waals surface area contributed by atoms with E-state index >= 15 is 0 Å². The van der Waals surface area contributed by atoms with Gasteiger partial charge in [-0.1, -0.05) is 23.4 Å². The summed E-state index contributed by atoms with van der Waals surface area (Å²) in [6.45, 7) is 2.24. The second-order valence-electron chi connectivity index (χ2n) is 3.94. The Morgan fingerprint density at radius 1 is 1.30 bits per heavy atom. The Morgan fingerprint density at radius 3 is 2.80 bits per heavy atom. The Kier molecular flexibility index (Phi) is 5.08. The average Bonchev–Trinajstić information content (AvgIpc) is 2.85. The Hall–Kier alpha value is -2.41. The lowest BCUT2D eigenvalue weighted by atomic mass is 10.3. The van der Waals surface area contributed by atoms with Crippen LogP contribution < -0.4 is 10.2 Å². The van der Waals surface area contributed by atoms with E-state index < -0.39 is 0 Å². The van der Waals surface area contributed by atoms with Crippen LogP contribution in [0.2, 0.25) is 0 Å². The van der Waals surface area contributed by atoms with Crippen molar-refractivity contribution in [3.8, 4) is 5.75 Å². The number of carbonyl (C=O) groups excluding carboxylic acids is 1. The fraction of sp³-hybridized carbons (Fsp3) is 0.308. The molecule has 20 heavy (non-hydrogen) atoms. The summed E-state index contributed by atoms with van der Waals surface area (Å²) in [6.07, 6.45) is 0.0108. The Bertz CT molecular complexity index is 542. The summed E-state index contributed by atoms with van der Waals surface area (Å²) < 4.78 is 10.1. The normalized spacial score (nSPS) is 10.2. The first-order chi connectivity index (χ1) is 9.74. The van der Waals surface area contributed by atoms with Gasteiger partial charge in [-0.15, -0.1) is 0 Å². The fourth-order valence-electron chi connectivity index (χ4n) is 1.44. The van der Waals surface area contributed by atoms with Gasteiger partial charge in [-0.3, -0.25) is 9.63 Å². The molecular weight excluding hydrogens is 262 g/mol. The van der Waals surface area contributed by atoms with Gasteiger partial charge in [-0.2, -0.15) is 4.98 Å². The molecule has 0 fully saturated rings. The number of hydrogen-bond acceptors (Lipinski definition) is 6. The third kappa shape index (κ3) is 4.69. The van der Waals surface area contributed by atoms with Crippen molar-refractivity contribution in [2.45, 2.75) is 13.3 Å². The molecule has 1 amide bonds. The summed E-state index contributed by atoms with van der Waals surface area (Å²) in [4.78, 5) is 20.4. The summed E-state index contributed by atoms with van der Waals surface area (Å²) >= 11 is 0. The highest BCUT2D eigenvalue weighted by molar-refractivity contribution is 5.76. The van der Waals surface area contributed by atoms with E-state index in [2.05, 4.69) is 15.6 Å². The quantitative estimate of drug-likeness (QED) is 0.601. The standard InChI is InChI=1S/C13H15N3O4/c1-10-14-12(15-20-10)9-13(17)16-19-8-7-18-11-5-3-2-4-6-11/h2-6H,7-9H2,1H3,(H,16,17). The smallest absolute Gasteiger partial charge is 0.251 e. The van der Waals surface area contributed by atoms with E-state index in [0.29, 0.717) is 18.3 Å². The lowest BCUT2D eigenvalue weighted by Crippen LogP contribution is -2.27. The zero-order valence-corrected chi connectivity index (χ0v) is 11.0. The molecule has 2 rings (SSSR count). The minimum absolute atomic E-state index is 0.0108. The molecule has 0 aliphatic carbocycles. The molecular formula is C13H15N3O4. The van der Waals surface area contributed by atoms with E-state index in [4.69, 9.17) is 14.1 Å². The first-order valence-corrected chi connectivity index (χ1v) is 6.12. The van der Waals surface area contributed by atoms with Crippen LogP contribution in [-0.4, -0.2) is 29.3 Å². The molecule has 1 N–H and O–H groups in total. The minimum atomic E-state index is -0.342. The van der Waals surface area contributed by atoms with Crippen molar-refractivity contribution in [3.05, 3.63) is 42.0 Å². The van der Waals surface area contributed by atoms with Crippen molar-refractivity contribution in [1.82, 2.24) is 15.6 Å². The van der Waals surface area contributed by atoms with Gasteiger partial charge in [-0.05, 0) is 12.1 Å². The van der Waals surface area contributed by atoms with E-state index in [1.54, 1.807) is 6.92 Å². The van der Waals surface area contributed by atoms with Crippen molar-refractivity contribution in [2.24, 2.45) is 0 Å². The number of aryl methyl sites for hydroxylation is 1. The molecule has 0 saturated carbocycles. The molecule has 0 atom stereocenters. The molecule has 1 aromatic heterocycles. The maximum Gasteiger partial charge on any atom is 0.251 e. The molecule has 106 valence electrons. The number of hydrogen-bond donors (Lipinski definition) is 1. The SMILES string of the molecule is Cc1nc(CC(=O)NOCCOc2ccccc2)no1. The van der Waals surface area contributed by atoms with Crippen molar-refractivity contribution >= 4 is 5.91 Å². The topological polar surface area (TPSA) is 86.5 Å². The van der Waals surface area contributed by atoms with Crippen LogP contribution in [0.1, 0.15) is 11.7 Å². The maximum absolute atomic E-state index is 11.5. The number of nitrogens with zero attached hydrogens (tertiary/aromatic N) is 2. The number of para-hydroxylation sites is 1. The number of rotatable bonds is 7. The summed E-state index contributed by atoms with van der Waals surface area (Å²) in [6, 6.07) is 9.35. The van der Waals surface area contributed by atoms with Crippen LogP contribution in [0.3, 0.4) is 0 Å². The number of benzene rings is 1. The van der Waals surface area contributed by atoms with Gasteiger partial charge >= 0.3 is 0 Å². The van der Waals surface area contributed by atoms with E-state index in [1.165, 1.54) is 0 Å². The molecule has 0 bridgehead atoms. The zero-order chi connectivity index (χ0) is 14.2. The van der Waals surface area contributed by atoms with Crippen molar-refractivity contribution in [3.63, 3.8) is 0 Å². The van der Waals surface area contributed by atoms with Crippen LogP contribution in [0.4, 0.5) is 0 Å². The average molecular weight is 277 g/mol. The van der Waals surface area contributed by atoms with Crippen LogP contribution in [0.15, 0.2) is 34.9 Å². The van der Waals surface area contributed by atoms with Crippen molar-refractivity contribution < 1.29 is 18.9 Å². The molecule has 0 radical (unpaired) electrons. The van der Waals surface area contributed by atoms with Gasteiger partial charge < -0.3 is 9.26 Å². The second kappa shape index (κ2) is 7.25. The molecule has 7 nitrogen and oxygen atoms in total. The van der Waals surface area contributed by atoms with Crippen LogP contribution >= 0.6 is 0 Å². The monoisotopic (exact) mass is 277 g/mol. The van der Waals surface area contributed by atoms with Gasteiger partial charge in [0.25, 0.3) is 5.91 Å². The van der Waals surface area contributed by atoms with Crippen molar-refractivity contribution in [2.75, 3.05) is 13.2 Å². The molecule has 1 heterocycles. The third-order valence-electron chi connectivity index (χ3n) is 2.27. The number of ether oxygens (including phenoxy) is 1. The fourth-order valence-corrected chi connectivity index (χ4v) is 1.44. The lowest BCUT2D eigenvalue weighted by molar-refractivity contribution is -0.133. The molecule has 1 aromatic carbocycles. The third-order valence-corrected chi connectivity index (χ3v) is 2.27. The number of aromatic nitrogens is 2. The molecule has 7 heteroatoms. The molecule has 0 saturated heterocycles. The molecule has 0 unspecified atom stereocenters. The van der Waals surface area contributed by atoms with Crippen LogP contribution in [0, 0.1) is 6.92 Å². The summed E-state index contributed by atoms with van der Waals surface area (Å²) in [7, 11) is 0. The Labute approximate surface area is 115 Å². The van der Waals surface area contributed by atoms with Gasteiger partial charge in [0.2, 0.25) is 5.89 Å². The van der Waals surface area contributed by atoms with Crippen LogP contribution in [-0.2, 0) is 16.1 Å². The first kappa shape index (κ1) is 14.0. The number of hydroxylamine groups is 1. The largest absolute Gasteiger partial charge is 0.491 e. The molecule has 0 spiro atoms. The highest BCUT2D eigenvalue weighted by atomic mass is 16.7. The van der Waals surface area contributed by atoms with Gasteiger partial charge in [-0.25, -0.2) is 5.48 Å². The first-order valence-electron chi connectivity index (χ1n) is 6.12. The van der Waals surface area contributed by atoms with E-state index in [0.717, 1.165) is 5.75 Å². The van der Waals surface area contributed by atoms with Crippen molar-refractivity contribution in [1.29, 1.82) is 0 Å². The second-order valence-corrected chi connectivity index (χ2v) is 3.94. The molecule has 0 aliphatic heterocycles. The highest BCUT2D eigenvalue weighted by Gasteiger charge is 2.08. The minimum Gasteiger partial charge on any atom is -0.491 e. The Balaban J connectivity index is 1.58. The van der Waals surface area contributed by atoms with Gasteiger partial charge in [0.05, 0.1) is 6.42 Å². The predicted octanol–water partition coefficient (Wildman–Crippen LogP) is 1.05. The van der Waals surface area contributed by atoms with Gasteiger partial charge in [0.1, 0.15) is 19.0 Å². The zero-order valence-electron chi connectivity index (χ0n) is 11.0. The maximum atomic E-state index is 11.5. The van der Waals surface area contributed by atoms with Crippen LogP contribution in [0.25, 0.3) is 0 Å². The number of nitrogens with one attached hydrogen (secondary N) is 1. The summed E-state index contributed by atoms with van der Waals surface area (Å²) in [5, 5.41) is 3.61. The highest BCUT2D eigenvalue weighted by Crippen LogP contribution is 2.07. The number of carbonyl (C=O) groups is 1. The summed E-state index contributed by atoms with van der Waals surface area (Å²) in [5.74, 6) is 1.16. The lowest BCUT2D eigenvalue weighted by Gasteiger charge is -2.06. The van der Waals surface area contributed by atoms with E-state index in [-0.39, 0.29) is 18.9 Å². The van der Waals surface area contributed by atoms with Gasteiger partial charge in [0, 0.05) is 6.92 Å². The predicted molar refractivity (Wildman–Crippen MR) is 68.8 cm³/mol. The van der Waals surface area contributed by atoms with Crippen LogP contribution in [0.5, 0.6) is 5.75 Å². The number of amides is 1. The van der Waals surface area contributed by atoms with E-state index in [1.807, 2.05) is 30.3 Å². The van der Waals surface area contributed by atoms with Gasteiger partial charge in [0.15, 0.2) is 5.82 Å². The molecule has 0 aliphatic rings.